The first kappa shape index (κ1) is 21.7. The van der Waals surface area contributed by atoms with E-state index >= 15 is 0 Å². The van der Waals surface area contributed by atoms with Gasteiger partial charge in [-0.15, -0.1) is 0 Å². The predicted octanol–water partition coefficient (Wildman–Crippen LogP) is 1.68. The number of carbonyl (C=O) groups is 1. The van der Waals surface area contributed by atoms with Gasteiger partial charge in [0, 0.05) is 18.2 Å². The van der Waals surface area contributed by atoms with E-state index in [-0.39, 0.29) is 20.7 Å². The van der Waals surface area contributed by atoms with Gasteiger partial charge in [-0.3, -0.25) is 14.2 Å². The van der Waals surface area contributed by atoms with Gasteiger partial charge in [-0.1, -0.05) is 24.0 Å². The van der Waals surface area contributed by atoms with Crippen molar-refractivity contribution >= 4 is 60.4 Å². The van der Waals surface area contributed by atoms with Crippen LogP contribution in [0.2, 0.25) is 0 Å². The number of carbonyl (C=O) groups excluding carboxylic acids is 1. The molecule has 1 fully saturated rings. The lowest BCUT2D eigenvalue weighted by Gasteiger charge is -2.12. The number of furan rings is 1. The minimum atomic E-state index is -4.22. The van der Waals surface area contributed by atoms with Gasteiger partial charge in [0.15, 0.2) is 0 Å². The highest BCUT2D eigenvalue weighted by atomic mass is 32.2. The summed E-state index contributed by atoms with van der Waals surface area (Å²) in [6.45, 7) is -0.249. The quantitative estimate of drug-likeness (QED) is 0.362. The molecular formula is C16H14N2O7S4. The molecule has 154 valence electrons. The van der Waals surface area contributed by atoms with Gasteiger partial charge >= 0.3 is 0 Å². The van der Waals surface area contributed by atoms with Gasteiger partial charge in [0.05, 0.1) is 15.6 Å². The molecule has 0 radical (unpaired) electrons. The van der Waals surface area contributed by atoms with Crippen LogP contribution in [0.15, 0.2) is 50.6 Å². The summed E-state index contributed by atoms with van der Waals surface area (Å²) in [5.74, 6) is -0.310. The van der Waals surface area contributed by atoms with E-state index in [1.807, 2.05) is 0 Å². The molecule has 2 heterocycles. The van der Waals surface area contributed by atoms with Crippen LogP contribution < -0.4 is 5.14 Å². The van der Waals surface area contributed by atoms with Crippen molar-refractivity contribution in [1.29, 1.82) is 0 Å². The third-order valence-electron chi connectivity index (χ3n) is 3.81. The van der Waals surface area contributed by atoms with Crippen molar-refractivity contribution < 1.29 is 30.6 Å². The molecule has 0 saturated carbocycles. The molecule has 1 aromatic heterocycles. The molecule has 3 N–H and O–H groups in total. The van der Waals surface area contributed by atoms with Crippen LogP contribution in [0.1, 0.15) is 5.76 Å². The maximum Gasteiger partial charge on any atom is 0.266 e. The fourth-order valence-corrected chi connectivity index (χ4v) is 4.64. The van der Waals surface area contributed by atoms with Gasteiger partial charge in [0.1, 0.15) is 15.8 Å². The molecule has 1 aromatic carbocycles. The van der Waals surface area contributed by atoms with Crippen molar-refractivity contribution in [3.8, 4) is 11.3 Å². The SMILES string of the molecule is NS(=O)(=O)c1ccc(-c2ccc(/C=C3/SC(=S)N(CCS(=O)(=O)O)C3=O)o2)cc1. The Kier molecular flexibility index (Phi) is 5.98. The third kappa shape index (κ3) is 5.32. The van der Waals surface area contributed by atoms with Crippen LogP contribution >= 0.6 is 24.0 Å². The molecule has 0 atom stereocenters. The van der Waals surface area contributed by atoms with Crippen molar-refractivity contribution in [2.75, 3.05) is 12.3 Å². The lowest BCUT2D eigenvalue weighted by molar-refractivity contribution is -0.121. The summed E-state index contributed by atoms with van der Waals surface area (Å²) in [5, 5.41) is 5.07. The zero-order valence-electron chi connectivity index (χ0n) is 14.5. The molecule has 1 aliphatic rings. The Morgan fingerprint density at radius 3 is 2.38 bits per heavy atom. The maximum atomic E-state index is 12.4. The van der Waals surface area contributed by atoms with E-state index in [4.69, 9.17) is 26.3 Å². The average molecular weight is 475 g/mol. The minimum Gasteiger partial charge on any atom is -0.457 e. The van der Waals surface area contributed by atoms with E-state index < -0.39 is 31.8 Å². The van der Waals surface area contributed by atoms with Gasteiger partial charge in [0.25, 0.3) is 16.0 Å². The number of nitrogens with two attached hydrogens (primary N) is 1. The maximum absolute atomic E-state index is 12.4. The van der Waals surface area contributed by atoms with Crippen LogP contribution in [0, 0.1) is 0 Å². The molecule has 29 heavy (non-hydrogen) atoms. The summed E-state index contributed by atoms with van der Waals surface area (Å²) in [4.78, 5) is 13.7. The number of primary sulfonamides is 1. The fourth-order valence-electron chi connectivity index (χ4n) is 2.42. The highest BCUT2D eigenvalue weighted by molar-refractivity contribution is 8.26. The molecule has 2 aromatic rings. The first-order valence-electron chi connectivity index (χ1n) is 7.88. The van der Waals surface area contributed by atoms with Gasteiger partial charge in [-0.25, -0.2) is 13.6 Å². The van der Waals surface area contributed by atoms with Crippen molar-refractivity contribution in [3.05, 3.63) is 47.1 Å². The first-order chi connectivity index (χ1) is 13.4. The number of hydrogen-bond donors (Lipinski definition) is 2. The summed E-state index contributed by atoms with van der Waals surface area (Å²) < 4.78 is 59.1. The van der Waals surface area contributed by atoms with Crippen LogP contribution in [0.4, 0.5) is 0 Å². The highest BCUT2D eigenvalue weighted by Crippen LogP contribution is 2.33. The lowest BCUT2D eigenvalue weighted by atomic mass is 10.2. The predicted molar refractivity (Wildman–Crippen MR) is 112 cm³/mol. The molecular weight excluding hydrogens is 460 g/mol. The van der Waals surface area contributed by atoms with Crippen molar-refractivity contribution in [2.24, 2.45) is 5.14 Å². The molecule has 0 bridgehead atoms. The summed E-state index contributed by atoms with van der Waals surface area (Å²) in [6, 6.07) is 9.05. The summed E-state index contributed by atoms with van der Waals surface area (Å²) >= 11 is 6.07. The largest absolute Gasteiger partial charge is 0.457 e. The summed E-state index contributed by atoms with van der Waals surface area (Å²) in [6.07, 6.45) is 1.47. The van der Waals surface area contributed by atoms with Crippen LogP contribution in [-0.2, 0) is 24.9 Å². The summed E-state index contributed by atoms with van der Waals surface area (Å²) in [7, 11) is -8.01. The Balaban J connectivity index is 1.78. The molecule has 0 spiro atoms. The molecule has 1 amide bonds. The Morgan fingerprint density at radius 1 is 1.14 bits per heavy atom. The molecule has 3 rings (SSSR count). The van der Waals surface area contributed by atoms with E-state index in [1.54, 1.807) is 12.1 Å². The normalized spacial score (nSPS) is 16.8. The molecule has 1 aliphatic heterocycles. The molecule has 1 saturated heterocycles. The second-order valence-electron chi connectivity index (χ2n) is 5.89. The van der Waals surface area contributed by atoms with Crippen LogP contribution in [0.5, 0.6) is 0 Å². The van der Waals surface area contributed by atoms with E-state index in [9.17, 15) is 21.6 Å². The molecule has 0 unspecified atom stereocenters. The zero-order chi connectivity index (χ0) is 21.4. The van der Waals surface area contributed by atoms with Crippen molar-refractivity contribution in [2.45, 2.75) is 4.90 Å². The third-order valence-corrected chi connectivity index (χ3v) is 6.82. The Labute approximate surface area is 176 Å². The Hall–Kier alpha value is -2.03. The molecule has 13 heteroatoms. The lowest BCUT2D eigenvalue weighted by Crippen LogP contribution is -2.32. The second-order valence-corrected chi connectivity index (χ2v) is 10.7. The van der Waals surface area contributed by atoms with Gasteiger partial charge in [0.2, 0.25) is 10.0 Å². The second kappa shape index (κ2) is 8.01. The number of benzene rings is 1. The molecule has 0 aliphatic carbocycles. The topological polar surface area (TPSA) is 148 Å². The van der Waals surface area contributed by atoms with E-state index in [2.05, 4.69) is 0 Å². The Bertz CT molecular complexity index is 1210. The van der Waals surface area contributed by atoms with Gasteiger partial charge in [-0.2, -0.15) is 8.42 Å². The Morgan fingerprint density at radius 2 is 1.79 bits per heavy atom. The van der Waals surface area contributed by atoms with E-state index in [0.29, 0.717) is 17.1 Å². The number of thiocarbonyl (C=S) groups is 1. The van der Waals surface area contributed by atoms with Crippen LogP contribution in [0.25, 0.3) is 17.4 Å². The van der Waals surface area contributed by atoms with Gasteiger partial charge in [-0.05, 0) is 36.4 Å². The highest BCUT2D eigenvalue weighted by Gasteiger charge is 2.32. The van der Waals surface area contributed by atoms with Crippen LogP contribution in [-0.4, -0.2) is 48.8 Å². The minimum absolute atomic E-state index is 0.0263. The smallest absolute Gasteiger partial charge is 0.266 e. The van der Waals surface area contributed by atoms with Gasteiger partial charge < -0.3 is 4.42 Å². The average Bonchev–Trinajstić information content (AvgIpc) is 3.17. The van der Waals surface area contributed by atoms with Crippen LogP contribution in [0.3, 0.4) is 0 Å². The zero-order valence-corrected chi connectivity index (χ0v) is 17.8. The monoisotopic (exact) mass is 474 g/mol. The number of nitrogens with zero attached hydrogens (tertiary/aromatic N) is 1. The number of hydrogen-bond acceptors (Lipinski definition) is 8. The first-order valence-corrected chi connectivity index (χ1v) is 12.3. The molecule has 9 nitrogen and oxygen atoms in total. The number of thioether (sulfide) groups is 1. The van der Waals surface area contributed by atoms with Crippen molar-refractivity contribution in [1.82, 2.24) is 4.90 Å². The number of rotatable bonds is 6. The van der Waals surface area contributed by atoms with Crippen molar-refractivity contribution in [3.63, 3.8) is 0 Å². The summed E-state index contributed by atoms with van der Waals surface area (Å²) in [5.41, 5.74) is 0.609. The number of amides is 1. The standard InChI is InChI=1S/C16H14N2O7S4/c17-29(23,24)12-4-1-10(2-5-12)13-6-3-11(25-13)9-14-15(19)18(16(26)27-14)7-8-28(20,21)22/h1-6,9H,7-8H2,(H2,17,23,24)(H,20,21,22)/b14-9+. The van der Waals surface area contributed by atoms with E-state index in [0.717, 1.165) is 16.7 Å². The fraction of sp³-hybridized carbons (Fsp3) is 0.125. The number of sulfonamides is 1. The van der Waals surface area contributed by atoms with E-state index in [1.165, 1.54) is 30.3 Å².